The molecule has 10 heteroatoms. The largest absolute Gasteiger partial charge is 0.452 e. The molecule has 2 aromatic carbocycles. The lowest BCUT2D eigenvalue weighted by Gasteiger charge is -2.17. The molecule has 0 aliphatic carbocycles. The fraction of sp³-hybridized carbons (Fsp3) is 0.176. The summed E-state index contributed by atoms with van der Waals surface area (Å²) in [5.74, 6) is -1.51. The first-order valence-electron chi connectivity index (χ1n) is 7.48. The molecule has 0 unspecified atom stereocenters. The molecule has 0 N–H and O–H groups in total. The molecule has 1 amide bonds. The van der Waals surface area contributed by atoms with E-state index in [4.69, 9.17) is 39.5 Å². The highest BCUT2D eigenvalue weighted by atomic mass is 35.5. The number of benzene rings is 2. The molecule has 0 aromatic heterocycles. The van der Waals surface area contributed by atoms with Crippen molar-refractivity contribution in [2.75, 3.05) is 13.7 Å². The Bertz CT molecular complexity index is 904. The maximum Gasteiger partial charge on any atom is 0.345 e. The number of likely N-dealkylation sites (N-methyl/N-ethyl adjacent to an activating group) is 1. The summed E-state index contributed by atoms with van der Waals surface area (Å²) in [6.45, 7) is -0.370. The average Bonchev–Trinajstić information content (AvgIpc) is 2.62. The number of esters is 1. The lowest BCUT2D eigenvalue weighted by Crippen LogP contribution is -2.30. The summed E-state index contributed by atoms with van der Waals surface area (Å²) < 4.78 is 4.90. The van der Waals surface area contributed by atoms with Crippen LogP contribution >= 0.6 is 34.8 Å². The van der Waals surface area contributed by atoms with E-state index in [0.29, 0.717) is 10.0 Å². The minimum Gasteiger partial charge on any atom is -0.452 e. The molecule has 0 spiro atoms. The van der Waals surface area contributed by atoms with E-state index < -0.39 is 29.1 Å². The number of nitrogens with zero attached hydrogens (tertiary/aromatic N) is 2. The number of amides is 1. The number of carbonyl (C=O) groups is 2. The second kappa shape index (κ2) is 9.03. The van der Waals surface area contributed by atoms with Gasteiger partial charge in [-0.15, -0.1) is 0 Å². The third kappa shape index (κ3) is 5.56. The summed E-state index contributed by atoms with van der Waals surface area (Å²) in [6, 6.07) is 8.43. The van der Waals surface area contributed by atoms with E-state index >= 15 is 0 Å². The van der Waals surface area contributed by atoms with E-state index in [0.717, 1.165) is 17.7 Å². The van der Waals surface area contributed by atoms with Crippen LogP contribution < -0.4 is 0 Å². The Morgan fingerprint density at radius 2 is 1.81 bits per heavy atom. The third-order valence-electron chi connectivity index (χ3n) is 3.53. The summed E-state index contributed by atoms with van der Waals surface area (Å²) in [5.41, 5.74) is -0.0505. The summed E-state index contributed by atoms with van der Waals surface area (Å²) in [7, 11) is 1.51. The molecule has 0 atom stereocenters. The van der Waals surface area contributed by atoms with Gasteiger partial charge in [0.15, 0.2) is 6.61 Å². The van der Waals surface area contributed by atoms with Crippen molar-refractivity contribution in [2.45, 2.75) is 6.54 Å². The Labute approximate surface area is 169 Å². The summed E-state index contributed by atoms with van der Waals surface area (Å²) in [4.78, 5) is 35.8. The van der Waals surface area contributed by atoms with Crippen molar-refractivity contribution in [1.82, 2.24) is 4.90 Å². The van der Waals surface area contributed by atoms with Gasteiger partial charge in [0.1, 0.15) is 5.56 Å². The number of nitro groups is 1. The fourth-order valence-corrected chi connectivity index (χ4v) is 2.64. The number of hydrogen-bond acceptors (Lipinski definition) is 5. The van der Waals surface area contributed by atoms with Crippen LogP contribution in [0.1, 0.15) is 15.9 Å². The smallest absolute Gasteiger partial charge is 0.345 e. The molecule has 2 rings (SSSR count). The first-order chi connectivity index (χ1) is 12.7. The van der Waals surface area contributed by atoms with E-state index in [1.165, 1.54) is 18.0 Å². The van der Waals surface area contributed by atoms with Gasteiger partial charge in [-0.2, -0.15) is 0 Å². The first kappa shape index (κ1) is 21.0. The molecule has 27 heavy (non-hydrogen) atoms. The molecule has 0 saturated heterocycles. The molecule has 2 aromatic rings. The van der Waals surface area contributed by atoms with Crippen LogP contribution in [0, 0.1) is 10.1 Å². The first-order valence-corrected chi connectivity index (χ1v) is 8.61. The maximum atomic E-state index is 12.2. The van der Waals surface area contributed by atoms with Crippen LogP contribution in [-0.4, -0.2) is 35.4 Å². The van der Waals surface area contributed by atoms with Gasteiger partial charge >= 0.3 is 5.97 Å². The highest BCUT2D eigenvalue weighted by Crippen LogP contribution is 2.24. The van der Waals surface area contributed by atoms with E-state index in [-0.39, 0.29) is 17.1 Å². The number of ether oxygens (including phenoxy) is 1. The van der Waals surface area contributed by atoms with Gasteiger partial charge in [-0.25, -0.2) is 4.79 Å². The van der Waals surface area contributed by atoms with Gasteiger partial charge in [0, 0.05) is 24.7 Å². The van der Waals surface area contributed by atoms with E-state index in [2.05, 4.69) is 0 Å². The standard InChI is InChI=1S/C17H13Cl3N2O5/c1-21(8-10-2-4-13(19)14(20)6-10)16(23)9-27-17(24)12-7-11(18)3-5-15(12)22(25)26/h2-7H,8-9H2,1H3. The lowest BCUT2D eigenvalue weighted by molar-refractivity contribution is -0.385. The fourth-order valence-electron chi connectivity index (χ4n) is 2.15. The molecule has 0 aliphatic heterocycles. The predicted octanol–water partition coefficient (Wildman–Crippen LogP) is 4.37. The van der Waals surface area contributed by atoms with Crippen molar-refractivity contribution < 1.29 is 19.2 Å². The third-order valence-corrected chi connectivity index (χ3v) is 4.51. The zero-order chi connectivity index (χ0) is 20.1. The van der Waals surface area contributed by atoms with Crippen molar-refractivity contribution in [1.29, 1.82) is 0 Å². The van der Waals surface area contributed by atoms with E-state index in [9.17, 15) is 19.7 Å². The molecular weight excluding hydrogens is 419 g/mol. The molecule has 0 aliphatic rings. The molecule has 0 radical (unpaired) electrons. The SMILES string of the molecule is CN(Cc1ccc(Cl)c(Cl)c1)C(=O)COC(=O)c1cc(Cl)ccc1[N+](=O)[O-]. The monoisotopic (exact) mass is 430 g/mol. The molecule has 0 heterocycles. The summed E-state index contributed by atoms with van der Waals surface area (Å²) in [6.07, 6.45) is 0. The van der Waals surface area contributed by atoms with Gasteiger partial charge in [0.2, 0.25) is 0 Å². The number of rotatable bonds is 6. The van der Waals surface area contributed by atoms with Gasteiger partial charge in [-0.1, -0.05) is 40.9 Å². The van der Waals surface area contributed by atoms with Gasteiger partial charge < -0.3 is 9.64 Å². The van der Waals surface area contributed by atoms with Gasteiger partial charge in [-0.3, -0.25) is 14.9 Å². The molecule has 0 fully saturated rings. The molecule has 7 nitrogen and oxygen atoms in total. The zero-order valence-corrected chi connectivity index (χ0v) is 16.2. The number of halogens is 3. The highest BCUT2D eigenvalue weighted by molar-refractivity contribution is 6.42. The van der Waals surface area contributed by atoms with Crippen LogP contribution in [0.15, 0.2) is 36.4 Å². The Kier molecular flexibility index (Phi) is 7.01. The van der Waals surface area contributed by atoms with Crippen LogP contribution in [0.3, 0.4) is 0 Å². The zero-order valence-electron chi connectivity index (χ0n) is 13.9. The molecule has 0 saturated carbocycles. The summed E-state index contributed by atoms with van der Waals surface area (Å²) >= 11 is 17.5. The van der Waals surface area contributed by atoms with Gasteiger partial charge in [0.25, 0.3) is 11.6 Å². The lowest BCUT2D eigenvalue weighted by atomic mass is 10.2. The second-order valence-electron chi connectivity index (χ2n) is 5.49. The van der Waals surface area contributed by atoms with E-state index in [1.807, 2.05) is 0 Å². The van der Waals surface area contributed by atoms with Crippen LogP contribution in [0.5, 0.6) is 0 Å². The van der Waals surface area contributed by atoms with Gasteiger partial charge in [-0.05, 0) is 29.8 Å². The second-order valence-corrected chi connectivity index (χ2v) is 6.74. The van der Waals surface area contributed by atoms with Crippen LogP contribution in [-0.2, 0) is 16.1 Å². The Hall–Kier alpha value is -2.35. The average molecular weight is 432 g/mol. The van der Waals surface area contributed by atoms with Crippen molar-refractivity contribution in [2.24, 2.45) is 0 Å². The Balaban J connectivity index is 2.00. The van der Waals surface area contributed by atoms with Crippen LogP contribution in [0.4, 0.5) is 5.69 Å². The Morgan fingerprint density at radius 1 is 1.11 bits per heavy atom. The highest BCUT2D eigenvalue weighted by Gasteiger charge is 2.23. The van der Waals surface area contributed by atoms with Crippen molar-refractivity contribution in [3.8, 4) is 0 Å². The number of carbonyl (C=O) groups excluding carboxylic acids is 2. The minimum atomic E-state index is -1.01. The maximum absolute atomic E-state index is 12.2. The van der Waals surface area contributed by atoms with Crippen molar-refractivity contribution >= 4 is 52.4 Å². The quantitative estimate of drug-likeness (QED) is 0.385. The normalized spacial score (nSPS) is 10.4. The van der Waals surface area contributed by atoms with Crippen molar-refractivity contribution in [3.05, 3.63) is 72.7 Å². The molecular formula is C17H13Cl3N2O5. The Morgan fingerprint density at radius 3 is 2.44 bits per heavy atom. The van der Waals surface area contributed by atoms with Crippen LogP contribution in [0.2, 0.25) is 15.1 Å². The van der Waals surface area contributed by atoms with Crippen LogP contribution in [0.25, 0.3) is 0 Å². The van der Waals surface area contributed by atoms with E-state index in [1.54, 1.807) is 18.2 Å². The molecule has 142 valence electrons. The minimum absolute atomic E-state index is 0.135. The summed E-state index contributed by atoms with van der Waals surface area (Å²) in [5, 5.41) is 11.9. The van der Waals surface area contributed by atoms with Crippen molar-refractivity contribution in [3.63, 3.8) is 0 Å². The topological polar surface area (TPSA) is 89.8 Å². The predicted molar refractivity (Wildman–Crippen MR) is 101 cm³/mol. The number of nitro benzene ring substituents is 1. The number of hydrogen-bond donors (Lipinski definition) is 0. The molecule has 0 bridgehead atoms. The van der Waals surface area contributed by atoms with Gasteiger partial charge in [0.05, 0.1) is 15.0 Å².